The Hall–Kier alpha value is -1.87. The predicted octanol–water partition coefficient (Wildman–Crippen LogP) is 4.08. The SMILES string of the molecule is CCCNC(=S)NCCC(c1ccccc1)c1ccccc1. The molecule has 2 rings (SSSR count). The van der Waals surface area contributed by atoms with Gasteiger partial charge in [0.05, 0.1) is 0 Å². The normalized spacial score (nSPS) is 10.5. The first-order valence-electron chi connectivity index (χ1n) is 7.93. The molecule has 3 heteroatoms. The van der Waals surface area contributed by atoms with Crippen LogP contribution in [0.4, 0.5) is 0 Å². The predicted molar refractivity (Wildman–Crippen MR) is 98.2 cm³/mol. The fourth-order valence-electron chi connectivity index (χ4n) is 2.53. The van der Waals surface area contributed by atoms with E-state index in [1.807, 2.05) is 0 Å². The number of rotatable bonds is 7. The van der Waals surface area contributed by atoms with Crippen LogP contribution in [0.3, 0.4) is 0 Å². The van der Waals surface area contributed by atoms with Crippen LogP contribution in [0, 0.1) is 0 Å². The van der Waals surface area contributed by atoms with Crippen molar-refractivity contribution in [1.29, 1.82) is 0 Å². The quantitative estimate of drug-likeness (QED) is 0.753. The van der Waals surface area contributed by atoms with E-state index in [0.29, 0.717) is 5.92 Å². The lowest BCUT2D eigenvalue weighted by atomic mass is 9.88. The van der Waals surface area contributed by atoms with Crippen LogP contribution in [0.2, 0.25) is 0 Å². The lowest BCUT2D eigenvalue weighted by Crippen LogP contribution is -2.36. The van der Waals surface area contributed by atoms with Gasteiger partial charge in [0.2, 0.25) is 0 Å². The van der Waals surface area contributed by atoms with E-state index in [1.165, 1.54) is 11.1 Å². The molecule has 0 aliphatic carbocycles. The molecule has 0 amide bonds. The van der Waals surface area contributed by atoms with E-state index in [4.69, 9.17) is 12.2 Å². The second-order valence-corrected chi connectivity index (χ2v) is 5.75. The zero-order valence-corrected chi connectivity index (χ0v) is 13.9. The van der Waals surface area contributed by atoms with Gasteiger partial charge in [-0.25, -0.2) is 0 Å². The molecule has 0 fully saturated rings. The van der Waals surface area contributed by atoms with E-state index in [2.05, 4.69) is 78.2 Å². The first kappa shape index (κ1) is 16.5. The van der Waals surface area contributed by atoms with Crippen LogP contribution in [-0.2, 0) is 0 Å². The second-order valence-electron chi connectivity index (χ2n) is 5.35. The fourth-order valence-corrected chi connectivity index (χ4v) is 2.73. The highest BCUT2D eigenvalue weighted by molar-refractivity contribution is 7.80. The molecule has 0 heterocycles. The van der Waals surface area contributed by atoms with Gasteiger partial charge in [0.25, 0.3) is 0 Å². The molecule has 0 aliphatic heterocycles. The third-order valence-corrected chi connectivity index (χ3v) is 3.95. The zero-order valence-electron chi connectivity index (χ0n) is 13.1. The lowest BCUT2D eigenvalue weighted by molar-refractivity contribution is 0.683. The van der Waals surface area contributed by atoms with Crippen LogP contribution in [0.15, 0.2) is 60.7 Å². The lowest BCUT2D eigenvalue weighted by Gasteiger charge is -2.19. The number of hydrogen-bond donors (Lipinski definition) is 2. The summed E-state index contributed by atoms with van der Waals surface area (Å²) in [4.78, 5) is 0. The highest BCUT2D eigenvalue weighted by Gasteiger charge is 2.13. The molecule has 116 valence electrons. The van der Waals surface area contributed by atoms with E-state index >= 15 is 0 Å². The molecule has 0 spiro atoms. The summed E-state index contributed by atoms with van der Waals surface area (Å²) in [6.45, 7) is 3.92. The molecular formula is C19H24N2S. The van der Waals surface area contributed by atoms with Crippen molar-refractivity contribution in [1.82, 2.24) is 10.6 Å². The van der Waals surface area contributed by atoms with Gasteiger partial charge in [-0.2, -0.15) is 0 Å². The third kappa shape index (κ3) is 5.15. The molecule has 0 saturated heterocycles. The third-order valence-electron chi connectivity index (χ3n) is 3.66. The van der Waals surface area contributed by atoms with Crippen molar-refractivity contribution in [2.75, 3.05) is 13.1 Å². The summed E-state index contributed by atoms with van der Waals surface area (Å²) < 4.78 is 0. The average Bonchev–Trinajstić information content (AvgIpc) is 2.58. The Morgan fingerprint density at radius 3 is 1.86 bits per heavy atom. The molecule has 0 aromatic heterocycles. The summed E-state index contributed by atoms with van der Waals surface area (Å²) in [5, 5.41) is 7.27. The van der Waals surface area contributed by atoms with Gasteiger partial charge in [0.1, 0.15) is 0 Å². The van der Waals surface area contributed by atoms with Crippen molar-refractivity contribution < 1.29 is 0 Å². The Morgan fingerprint density at radius 2 is 1.36 bits per heavy atom. The molecule has 0 aliphatic rings. The summed E-state index contributed by atoms with van der Waals surface area (Å²) in [7, 11) is 0. The van der Waals surface area contributed by atoms with Gasteiger partial charge in [0, 0.05) is 19.0 Å². The minimum atomic E-state index is 0.392. The molecule has 0 atom stereocenters. The number of hydrogen-bond acceptors (Lipinski definition) is 1. The highest BCUT2D eigenvalue weighted by atomic mass is 32.1. The molecule has 22 heavy (non-hydrogen) atoms. The fraction of sp³-hybridized carbons (Fsp3) is 0.316. The van der Waals surface area contributed by atoms with Crippen molar-refractivity contribution in [3.63, 3.8) is 0 Å². The Labute approximate surface area is 139 Å². The monoisotopic (exact) mass is 312 g/mol. The van der Waals surface area contributed by atoms with Gasteiger partial charge in [-0.15, -0.1) is 0 Å². The summed E-state index contributed by atoms with van der Waals surface area (Å²) in [6, 6.07) is 21.3. The van der Waals surface area contributed by atoms with E-state index in [9.17, 15) is 0 Å². The Balaban J connectivity index is 1.99. The first-order valence-corrected chi connectivity index (χ1v) is 8.33. The second kappa shape index (κ2) is 9.21. The maximum absolute atomic E-state index is 5.28. The van der Waals surface area contributed by atoms with Crippen LogP contribution in [0.5, 0.6) is 0 Å². The zero-order chi connectivity index (χ0) is 15.6. The molecule has 0 saturated carbocycles. The van der Waals surface area contributed by atoms with E-state index in [1.54, 1.807) is 0 Å². The molecule has 2 aromatic carbocycles. The van der Waals surface area contributed by atoms with E-state index in [0.717, 1.165) is 31.0 Å². The highest BCUT2D eigenvalue weighted by Crippen LogP contribution is 2.27. The summed E-state index contributed by atoms with van der Waals surface area (Å²) in [6.07, 6.45) is 2.10. The summed E-state index contributed by atoms with van der Waals surface area (Å²) in [5.74, 6) is 0.392. The van der Waals surface area contributed by atoms with Gasteiger partial charge in [0.15, 0.2) is 5.11 Å². The van der Waals surface area contributed by atoms with Gasteiger partial charge in [-0.1, -0.05) is 67.6 Å². The van der Waals surface area contributed by atoms with Crippen molar-refractivity contribution in [2.24, 2.45) is 0 Å². The van der Waals surface area contributed by atoms with Crippen LogP contribution in [0.1, 0.15) is 36.8 Å². The van der Waals surface area contributed by atoms with Crippen molar-refractivity contribution in [2.45, 2.75) is 25.7 Å². The maximum Gasteiger partial charge on any atom is 0.166 e. The molecule has 2 aromatic rings. The Bertz CT molecular complexity index is 515. The first-order chi connectivity index (χ1) is 10.8. The van der Waals surface area contributed by atoms with E-state index in [-0.39, 0.29) is 0 Å². The minimum Gasteiger partial charge on any atom is -0.363 e. The van der Waals surface area contributed by atoms with Crippen LogP contribution in [0.25, 0.3) is 0 Å². The molecule has 0 unspecified atom stereocenters. The van der Waals surface area contributed by atoms with Crippen molar-refractivity contribution >= 4 is 17.3 Å². The Kier molecular flexibility index (Phi) is 6.91. The molecule has 0 bridgehead atoms. The molecular weight excluding hydrogens is 288 g/mol. The summed E-state index contributed by atoms with van der Waals surface area (Å²) >= 11 is 5.28. The molecule has 2 nitrogen and oxygen atoms in total. The van der Waals surface area contributed by atoms with Gasteiger partial charge in [-0.05, 0) is 36.2 Å². The maximum atomic E-state index is 5.28. The standard InChI is InChI=1S/C19H24N2S/c1-2-14-20-19(22)21-15-13-18(16-9-5-3-6-10-16)17-11-7-4-8-12-17/h3-12,18H,2,13-15H2,1H3,(H2,20,21,22). The number of thiocarbonyl (C=S) groups is 1. The molecule has 0 radical (unpaired) electrons. The van der Waals surface area contributed by atoms with Crippen molar-refractivity contribution in [3.8, 4) is 0 Å². The largest absolute Gasteiger partial charge is 0.363 e. The van der Waals surface area contributed by atoms with Gasteiger partial charge < -0.3 is 10.6 Å². The Morgan fingerprint density at radius 1 is 0.864 bits per heavy atom. The van der Waals surface area contributed by atoms with Gasteiger partial charge >= 0.3 is 0 Å². The minimum absolute atomic E-state index is 0.392. The van der Waals surface area contributed by atoms with E-state index < -0.39 is 0 Å². The average molecular weight is 312 g/mol. The van der Waals surface area contributed by atoms with Crippen molar-refractivity contribution in [3.05, 3.63) is 71.8 Å². The number of nitrogens with one attached hydrogen (secondary N) is 2. The van der Waals surface area contributed by atoms with Crippen LogP contribution < -0.4 is 10.6 Å². The van der Waals surface area contributed by atoms with Crippen LogP contribution in [-0.4, -0.2) is 18.2 Å². The topological polar surface area (TPSA) is 24.1 Å². The number of benzene rings is 2. The van der Waals surface area contributed by atoms with Crippen LogP contribution >= 0.6 is 12.2 Å². The molecule has 2 N–H and O–H groups in total. The smallest absolute Gasteiger partial charge is 0.166 e. The summed E-state index contributed by atoms with van der Waals surface area (Å²) in [5.41, 5.74) is 2.70. The van der Waals surface area contributed by atoms with Gasteiger partial charge in [-0.3, -0.25) is 0 Å².